The Morgan fingerprint density at radius 3 is 2.85 bits per heavy atom. The molecule has 2 aromatic rings. The van der Waals surface area contributed by atoms with Crippen molar-refractivity contribution in [2.75, 3.05) is 13.2 Å². The van der Waals surface area contributed by atoms with Crippen LogP contribution in [-0.2, 0) is 12.8 Å². The number of carbonyl (C=O) groups excluding carboxylic acids is 1. The van der Waals surface area contributed by atoms with Gasteiger partial charge in [0.1, 0.15) is 5.75 Å². The van der Waals surface area contributed by atoms with Gasteiger partial charge in [0.25, 0.3) is 5.91 Å². The van der Waals surface area contributed by atoms with Gasteiger partial charge in [0, 0.05) is 17.8 Å². The molecule has 27 heavy (non-hydrogen) atoms. The molecule has 1 atom stereocenters. The molecule has 0 aliphatic heterocycles. The van der Waals surface area contributed by atoms with Gasteiger partial charge in [0.05, 0.1) is 6.61 Å². The maximum atomic E-state index is 12.6. The highest BCUT2D eigenvalue weighted by molar-refractivity contribution is 5.94. The van der Waals surface area contributed by atoms with E-state index in [1.807, 2.05) is 31.2 Å². The van der Waals surface area contributed by atoms with Crippen LogP contribution >= 0.6 is 0 Å². The first-order valence-corrected chi connectivity index (χ1v) is 9.89. The molecule has 1 aromatic carbocycles. The molecule has 5 nitrogen and oxygen atoms in total. The summed E-state index contributed by atoms with van der Waals surface area (Å²) in [4.78, 5) is 12.6. The average Bonchev–Trinajstić information content (AvgIpc) is 3.05. The summed E-state index contributed by atoms with van der Waals surface area (Å²) in [6.45, 7) is 10.0. The third-order valence-corrected chi connectivity index (χ3v) is 5.54. The van der Waals surface area contributed by atoms with Gasteiger partial charge >= 0.3 is 0 Å². The van der Waals surface area contributed by atoms with E-state index >= 15 is 0 Å². The summed E-state index contributed by atoms with van der Waals surface area (Å²) in [5.41, 5.74) is 4.17. The lowest BCUT2D eigenvalue weighted by Gasteiger charge is -2.33. The van der Waals surface area contributed by atoms with Gasteiger partial charge in [0.15, 0.2) is 5.69 Å². The van der Waals surface area contributed by atoms with E-state index in [4.69, 9.17) is 4.74 Å². The molecule has 0 radical (unpaired) electrons. The molecule has 5 heteroatoms. The molecule has 0 saturated heterocycles. The lowest BCUT2D eigenvalue weighted by Crippen LogP contribution is -2.30. The molecule has 146 valence electrons. The second kappa shape index (κ2) is 8.15. The fourth-order valence-electron chi connectivity index (χ4n) is 3.68. The smallest absolute Gasteiger partial charge is 0.272 e. The van der Waals surface area contributed by atoms with Gasteiger partial charge in [-0.3, -0.25) is 9.89 Å². The van der Waals surface area contributed by atoms with Crippen LogP contribution in [0.25, 0.3) is 0 Å². The zero-order valence-corrected chi connectivity index (χ0v) is 16.9. The summed E-state index contributed by atoms with van der Waals surface area (Å²) in [6, 6.07) is 7.96. The summed E-state index contributed by atoms with van der Waals surface area (Å²) in [5.74, 6) is 1.40. The van der Waals surface area contributed by atoms with Gasteiger partial charge in [-0.05, 0) is 55.6 Å². The van der Waals surface area contributed by atoms with Crippen molar-refractivity contribution in [2.45, 2.75) is 53.4 Å². The van der Waals surface area contributed by atoms with E-state index in [0.717, 1.165) is 48.3 Å². The number of ether oxygens (including phenoxy) is 1. The third kappa shape index (κ3) is 4.71. The lowest BCUT2D eigenvalue weighted by molar-refractivity contribution is 0.0944. The number of hydrogen-bond donors (Lipinski definition) is 2. The van der Waals surface area contributed by atoms with Crippen molar-refractivity contribution in [2.24, 2.45) is 11.3 Å². The van der Waals surface area contributed by atoms with Crippen LogP contribution in [0.2, 0.25) is 0 Å². The van der Waals surface area contributed by atoms with Crippen LogP contribution in [0.3, 0.4) is 0 Å². The van der Waals surface area contributed by atoms with E-state index < -0.39 is 0 Å². The topological polar surface area (TPSA) is 67.0 Å². The van der Waals surface area contributed by atoms with E-state index in [0.29, 0.717) is 24.8 Å². The molecule has 0 spiro atoms. The van der Waals surface area contributed by atoms with Crippen LogP contribution in [0, 0.1) is 18.3 Å². The minimum atomic E-state index is -0.0852. The first kappa shape index (κ1) is 19.5. The minimum Gasteiger partial charge on any atom is -0.493 e. The number of aromatic nitrogens is 2. The highest BCUT2D eigenvalue weighted by Crippen LogP contribution is 2.37. The number of amides is 1. The van der Waals surface area contributed by atoms with Crippen molar-refractivity contribution in [3.8, 4) is 5.75 Å². The number of fused-ring (bicyclic) bond motifs is 1. The molecule has 2 N–H and O–H groups in total. The maximum absolute atomic E-state index is 12.6. The molecule has 1 aliphatic carbocycles. The Morgan fingerprint density at radius 2 is 2.11 bits per heavy atom. The first-order valence-electron chi connectivity index (χ1n) is 9.89. The number of nitrogens with zero attached hydrogens (tertiary/aromatic N) is 1. The Hall–Kier alpha value is -2.30. The van der Waals surface area contributed by atoms with E-state index in [-0.39, 0.29) is 11.3 Å². The SMILES string of the molecule is Cc1ccccc1OCCCNC(=O)c1n[nH]c2c1C[C@H](C(C)(C)C)CC2. The van der Waals surface area contributed by atoms with Crippen LogP contribution in [-0.4, -0.2) is 29.3 Å². The number of aromatic amines is 1. The molecular formula is C22H31N3O2. The monoisotopic (exact) mass is 369 g/mol. The molecule has 0 fully saturated rings. The van der Waals surface area contributed by atoms with Gasteiger partial charge in [0.2, 0.25) is 0 Å². The fourth-order valence-corrected chi connectivity index (χ4v) is 3.68. The number of hydrogen-bond acceptors (Lipinski definition) is 3. The number of benzene rings is 1. The van der Waals surface area contributed by atoms with Crippen molar-refractivity contribution in [3.63, 3.8) is 0 Å². The number of nitrogens with one attached hydrogen (secondary N) is 2. The summed E-state index contributed by atoms with van der Waals surface area (Å²) >= 11 is 0. The van der Waals surface area contributed by atoms with E-state index in [1.54, 1.807) is 0 Å². The number of para-hydroxylation sites is 1. The predicted molar refractivity (Wildman–Crippen MR) is 107 cm³/mol. The van der Waals surface area contributed by atoms with Crippen molar-refractivity contribution in [3.05, 3.63) is 46.8 Å². The number of aryl methyl sites for hydroxylation is 2. The van der Waals surface area contributed by atoms with Crippen molar-refractivity contribution < 1.29 is 9.53 Å². The van der Waals surface area contributed by atoms with Crippen molar-refractivity contribution in [1.29, 1.82) is 0 Å². The Bertz CT molecular complexity index is 789. The van der Waals surface area contributed by atoms with Crippen molar-refractivity contribution in [1.82, 2.24) is 15.5 Å². The zero-order valence-electron chi connectivity index (χ0n) is 16.9. The van der Waals surface area contributed by atoms with E-state index in [1.165, 1.54) is 0 Å². The molecule has 1 aromatic heterocycles. The van der Waals surface area contributed by atoms with Gasteiger partial charge in [-0.15, -0.1) is 0 Å². The minimum absolute atomic E-state index is 0.0852. The predicted octanol–water partition coefficient (Wildman–Crippen LogP) is 4.07. The average molecular weight is 370 g/mol. The van der Waals surface area contributed by atoms with Gasteiger partial charge < -0.3 is 10.1 Å². The second-order valence-electron chi connectivity index (χ2n) is 8.56. The Balaban J connectivity index is 1.50. The van der Waals surface area contributed by atoms with E-state index in [9.17, 15) is 4.79 Å². The fraction of sp³-hybridized carbons (Fsp3) is 0.545. The highest BCUT2D eigenvalue weighted by atomic mass is 16.5. The standard InChI is InChI=1S/C22H31N3O2/c1-15-8-5-6-9-19(15)27-13-7-12-23-21(26)20-17-14-16(22(2,3)4)10-11-18(17)24-25-20/h5-6,8-9,16H,7,10-14H2,1-4H3,(H,23,26)(H,24,25)/t16-/m1/s1. The van der Waals surface area contributed by atoms with E-state index in [2.05, 4.69) is 36.3 Å². The molecule has 0 saturated carbocycles. The quantitative estimate of drug-likeness (QED) is 0.754. The first-order chi connectivity index (χ1) is 12.9. The summed E-state index contributed by atoms with van der Waals surface area (Å²) < 4.78 is 5.78. The summed E-state index contributed by atoms with van der Waals surface area (Å²) in [6.07, 6.45) is 3.81. The zero-order chi connectivity index (χ0) is 19.4. The van der Waals surface area contributed by atoms with Crippen LogP contribution < -0.4 is 10.1 Å². The molecule has 1 aliphatic rings. The normalized spacial score (nSPS) is 16.7. The second-order valence-corrected chi connectivity index (χ2v) is 8.56. The molecule has 1 amide bonds. The molecule has 3 rings (SSSR count). The molecule has 1 heterocycles. The molecular weight excluding hydrogens is 338 g/mol. The van der Waals surface area contributed by atoms with Crippen LogP contribution in [0.15, 0.2) is 24.3 Å². The Labute approximate surface area is 161 Å². The third-order valence-electron chi connectivity index (χ3n) is 5.54. The molecule has 0 unspecified atom stereocenters. The maximum Gasteiger partial charge on any atom is 0.272 e. The Morgan fingerprint density at radius 1 is 1.33 bits per heavy atom. The number of rotatable bonds is 6. The van der Waals surface area contributed by atoms with Gasteiger partial charge in [-0.25, -0.2) is 0 Å². The van der Waals surface area contributed by atoms with Crippen LogP contribution in [0.1, 0.15) is 60.9 Å². The van der Waals surface area contributed by atoms with Crippen LogP contribution in [0.4, 0.5) is 0 Å². The van der Waals surface area contributed by atoms with Gasteiger partial charge in [-0.2, -0.15) is 5.10 Å². The molecule has 0 bridgehead atoms. The number of H-pyrrole nitrogens is 1. The van der Waals surface area contributed by atoms with Crippen LogP contribution in [0.5, 0.6) is 5.75 Å². The Kier molecular flexibility index (Phi) is 5.88. The summed E-state index contributed by atoms with van der Waals surface area (Å²) in [5, 5.41) is 10.4. The highest BCUT2D eigenvalue weighted by Gasteiger charge is 2.32. The summed E-state index contributed by atoms with van der Waals surface area (Å²) in [7, 11) is 0. The van der Waals surface area contributed by atoms with Gasteiger partial charge in [-0.1, -0.05) is 39.0 Å². The largest absolute Gasteiger partial charge is 0.493 e. The number of carbonyl (C=O) groups is 1. The lowest BCUT2D eigenvalue weighted by atomic mass is 9.71. The van der Waals surface area contributed by atoms with Crippen molar-refractivity contribution >= 4 is 5.91 Å².